The predicted molar refractivity (Wildman–Crippen MR) is 76.9 cm³/mol. The summed E-state index contributed by atoms with van der Waals surface area (Å²) in [6.07, 6.45) is 0. The van der Waals surface area contributed by atoms with Gasteiger partial charge in [-0.25, -0.2) is 0 Å². The van der Waals surface area contributed by atoms with Gasteiger partial charge < -0.3 is 4.74 Å². The first-order valence-electron chi connectivity index (χ1n) is 7.24. The number of carbonyl (C=O) groups excluding carboxylic acids is 2. The van der Waals surface area contributed by atoms with Gasteiger partial charge in [0.1, 0.15) is 0 Å². The van der Waals surface area contributed by atoms with Crippen LogP contribution in [-0.2, 0) is 14.3 Å². The molecule has 0 spiro atoms. The summed E-state index contributed by atoms with van der Waals surface area (Å²) in [6, 6.07) is 9.95. The van der Waals surface area contributed by atoms with E-state index in [-0.39, 0.29) is 41.5 Å². The number of benzene rings is 1. The van der Waals surface area contributed by atoms with Gasteiger partial charge in [0, 0.05) is 5.92 Å². The lowest BCUT2D eigenvalue weighted by atomic mass is 9.70. The second-order valence-electron chi connectivity index (χ2n) is 6.22. The lowest BCUT2D eigenvalue weighted by Crippen LogP contribution is -2.31. The molecule has 108 valence electrons. The number of esters is 2. The third-order valence-electron chi connectivity index (χ3n) is 4.14. The normalized spacial score (nSPS) is 24.3. The van der Waals surface area contributed by atoms with Crippen LogP contribution in [0.4, 0.5) is 0 Å². The van der Waals surface area contributed by atoms with Crippen molar-refractivity contribution in [1.29, 1.82) is 0 Å². The van der Waals surface area contributed by atoms with Crippen LogP contribution >= 0.6 is 0 Å². The molecule has 0 N–H and O–H groups in total. The fourth-order valence-corrected chi connectivity index (χ4v) is 3.27. The van der Waals surface area contributed by atoms with Gasteiger partial charge in [0.25, 0.3) is 0 Å². The molecule has 3 nitrogen and oxygen atoms in total. The highest BCUT2D eigenvalue weighted by Crippen LogP contribution is 2.43. The summed E-state index contributed by atoms with van der Waals surface area (Å²) in [5, 5.41) is 0. The Hall–Kier alpha value is -1.64. The van der Waals surface area contributed by atoms with Crippen LogP contribution in [0, 0.1) is 23.7 Å². The molecule has 2 rings (SSSR count). The van der Waals surface area contributed by atoms with E-state index in [4.69, 9.17) is 4.74 Å². The minimum Gasteiger partial charge on any atom is -0.393 e. The minimum absolute atomic E-state index is 0.0162. The molecule has 0 aliphatic carbocycles. The van der Waals surface area contributed by atoms with Gasteiger partial charge in [-0.2, -0.15) is 0 Å². The Balaban J connectivity index is 2.43. The summed E-state index contributed by atoms with van der Waals surface area (Å²) < 4.78 is 4.92. The minimum atomic E-state index is -0.370. The van der Waals surface area contributed by atoms with Gasteiger partial charge in [-0.1, -0.05) is 58.0 Å². The Morgan fingerprint density at radius 1 is 0.900 bits per heavy atom. The second kappa shape index (κ2) is 5.78. The van der Waals surface area contributed by atoms with Crippen molar-refractivity contribution in [3.63, 3.8) is 0 Å². The monoisotopic (exact) mass is 274 g/mol. The molecule has 0 bridgehead atoms. The first-order chi connectivity index (χ1) is 9.43. The number of hydrogen-bond donors (Lipinski definition) is 0. The molecule has 1 fully saturated rings. The molecular formula is C17H22O3. The molecule has 0 saturated carbocycles. The van der Waals surface area contributed by atoms with Crippen molar-refractivity contribution in [2.24, 2.45) is 23.7 Å². The molecule has 1 aliphatic rings. The highest BCUT2D eigenvalue weighted by molar-refractivity contribution is 5.97. The third kappa shape index (κ3) is 2.62. The first kappa shape index (κ1) is 14.8. The SMILES string of the molecule is CC(C)C1C(=O)OC(=O)C1C(c1ccccc1)C(C)C. The molecule has 0 radical (unpaired) electrons. The van der Waals surface area contributed by atoms with E-state index in [9.17, 15) is 9.59 Å². The van der Waals surface area contributed by atoms with Crippen molar-refractivity contribution >= 4 is 11.9 Å². The summed E-state index contributed by atoms with van der Waals surface area (Å²) in [5.41, 5.74) is 1.10. The highest BCUT2D eigenvalue weighted by Gasteiger charge is 2.50. The summed E-state index contributed by atoms with van der Waals surface area (Å²) in [5.74, 6) is -1.05. The van der Waals surface area contributed by atoms with Gasteiger partial charge in [0.2, 0.25) is 0 Å². The van der Waals surface area contributed by atoms with Gasteiger partial charge in [-0.05, 0) is 17.4 Å². The zero-order valence-corrected chi connectivity index (χ0v) is 12.5. The van der Waals surface area contributed by atoms with Gasteiger partial charge in [0.05, 0.1) is 11.8 Å². The number of hydrogen-bond acceptors (Lipinski definition) is 3. The first-order valence-corrected chi connectivity index (χ1v) is 7.24. The number of carbonyl (C=O) groups is 2. The van der Waals surface area contributed by atoms with E-state index in [1.165, 1.54) is 0 Å². The average molecular weight is 274 g/mol. The summed E-state index contributed by atoms with van der Waals surface area (Å²) >= 11 is 0. The Kier molecular flexibility index (Phi) is 4.26. The lowest BCUT2D eigenvalue weighted by molar-refractivity contribution is -0.154. The van der Waals surface area contributed by atoms with Crippen molar-refractivity contribution in [1.82, 2.24) is 0 Å². The summed E-state index contributed by atoms with van der Waals surface area (Å²) in [6.45, 7) is 8.12. The Morgan fingerprint density at radius 2 is 1.45 bits per heavy atom. The van der Waals surface area contributed by atoms with E-state index in [0.717, 1.165) is 5.56 Å². The van der Waals surface area contributed by atoms with Gasteiger partial charge >= 0.3 is 11.9 Å². The Labute approximate surface area is 120 Å². The van der Waals surface area contributed by atoms with Crippen LogP contribution in [0.25, 0.3) is 0 Å². The molecule has 3 atom stereocenters. The fraction of sp³-hybridized carbons (Fsp3) is 0.529. The van der Waals surface area contributed by atoms with Gasteiger partial charge in [-0.15, -0.1) is 0 Å². The standard InChI is InChI=1S/C17H22O3/c1-10(2)13(12-8-6-5-7-9-12)15-14(11(3)4)16(18)20-17(15)19/h5-11,13-15H,1-4H3. The third-order valence-corrected chi connectivity index (χ3v) is 4.14. The quantitative estimate of drug-likeness (QED) is 0.624. The molecular weight excluding hydrogens is 252 g/mol. The predicted octanol–water partition coefficient (Wildman–Crippen LogP) is 3.40. The van der Waals surface area contributed by atoms with E-state index in [2.05, 4.69) is 13.8 Å². The van der Waals surface area contributed by atoms with E-state index in [0.29, 0.717) is 0 Å². The maximum absolute atomic E-state index is 12.2. The summed E-state index contributed by atoms with van der Waals surface area (Å²) in [7, 11) is 0. The van der Waals surface area contributed by atoms with Crippen LogP contribution in [0.5, 0.6) is 0 Å². The van der Waals surface area contributed by atoms with Crippen molar-refractivity contribution in [3.05, 3.63) is 35.9 Å². The number of cyclic esters (lactones) is 2. The zero-order chi connectivity index (χ0) is 14.9. The molecule has 1 aromatic carbocycles. The van der Waals surface area contributed by atoms with E-state index < -0.39 is 0 Å². The fourth-order valence-electron chi connectivity index (χ4n) is 3.27. The van der Waals surface area contributed by atoms with E-state index in [1.54, 1.807) is 0 Å². The number of ether oxygens (including phenoxy) is 1. The Bertz CT molecular complexity index is 490. The molecule has 1 saturated heterocycles. The van der Waals surface area contributed by atoms with Gasteiger partial charge in [0.15, 0.2) is 0 Å². The van der Waals surface area contributed by atoms with Crippen molar-refractivity contribution < 1.29 is 14.3 Å². The largest absolute Gasteiger partial charge is 0.393 e. The average Bonchev–Trinajstić information content (AvgIpc) is 2.66. The van der Waals surface area contributed by atoms with Crippen molar-refractivity contribution in [2.75, 3.05) is 0 Å². The highest BCUT2D eigenvalue weighted by atomic mass is 16.6. The second-order valence-corrected chi connectivity index (χ2v) is 6.22. The zero-order valence-electron chi connectivity index (χ0n) is 12.5. The van der Waals surface area contributed by atoms with Crippen LogP contribution < -0.4 is 0 Å². The topological polar surface area (TPSA) is 43.4 Å². The van der Waals surface area contributed by atoms with Gasteiger partial charge in [-0.3, -0.25) is 9.59 Å². The van der Waals surface area contributed by atoms with Crippen molar-refractivity contribution in [2.45, 2.75) is 33.6 Å². The van der Waals surface area contributed by atoms with Crippen LogP contribution in [0.15, 0.2) is 30.3 Å². The molecule has 20 heavy (non-hydrogen) atoms. The smallest absolute Gasteiger partial charge is 0.318 e. The molecule has 1 aromatic rings. The molecule has 0 aromatic heterocycles. The van der Waals surface area contributed by atoms with E-state index >= 15 is 0 Å². The molecule has 3 unspecified atom stereocenters. The number of rotatable bonds is 4. The maximum Gasteiger partial charge on any atom is 0.318 e. The lowest BCUT2D eigenvalue weighted by Gasteiger charge is -2.29. The molecule has 0 amide bonds. The van der Waals surface area contributed by atoms with Crippen LogP contribution in [0.1, 0.15) is 39.2 Å². The molecule has 1 heterocycles. The van der Waals surface area contributed by atoms with Crippen LogP contribution in [-0.4, -0.2) is 11.9 Å². The van der Waals surface area contributed by atoms with Crippen LogP contribution in [0.3, 0.4) is 0 Å². The summed E-state index contributed by atoms with van der Waals surface area (Å²) in [4.78, 5) is 24.1. The molecule has 3 heteroatoms. The van der Waals surface area contributed by atoms with Crippen molar-refractivity contribution in [3.8, 4) is 0 Å². The van der Waals surface area contributed by atoms with Crippen LogP contribution in [0.2, 0.25) is 0 Å². The Morgan fingerprint density at radius 3 is 1.95 bits per heavy atom. The molecule has 1 aliphatic heterocycles. The maximum atomic E-state index is 12.2. The van der Waals surface area contributed by atoms with E-state index in [1.807, 2.05) is 44.2 Å².